The van der Waals surface area contributed by atoms with Crippen LogP contribution in [-0.4, -0.2) is 157 Å². The van der Waals surface area contributed by atoms with E-state index in [9.17, 15) is 29.1 Å². The van der Waals surface area contributed by atoms with Crippen molar-refractivity contribution in [1.29, 1.82) is 0 Å². The Balaban J connectivity index is 1.98. The number of piperidine rings is 1. The highest BCUT2D eigenvalue weighted by molar-refractivity contribution is 5.78. The maximum absolute atomic E-state index is 12.8. The number of primary amides is 2. The molecular formula is C22H40N8O6. The maximum atomic E-state index is 12.8. The minimum absolute atomic E-state index is 0.00324. The molecule has 0 atom stereocenters. The Morgan fingerprint density at radius 2 is 1.25 bits per heavy atom. The number of amides is 4. The van der Waals surface area contributed by atoms with Crippen molar-refractivity contribution in [3.8, 4) is 0 Å². The van der Waals surface area contributed by atoms with E-state index < -0.39 is 12.0 Å². The number of hydrogen-bond donors (Lipinski definition) is 4. The van der Waals surface area contributed by atoms with E-state index in [4.69, 9.17) is 11.5 Å². The third kappa shape index (κ3) is 11.3. The molecule has 2 saturated heterocycles. The van der Waals surface area contributed by atoms with Gasteiger partial charge >= 0.3 is 12.0 Å². The van der Waals surface area contributed by atoms with E-state index in [1.807, 2.05) is 14.7 Å². The molecule has 2 heterocycles. The molecule has 0 aliphatic carbocycles. The Kier molecular flexibility index (Phi) is 12.5. The summed E-state index contributed by atoms with van der Waals surface area (Å²) in [5.41, 5.74) is 10.8. The highest BCUT2D eigenvalue weighted by Crippen LogP contribution is 2.10. The molecule has 0 saturated carbocycles. The molecule has 2 fully saturated rings. The van der Waals surface area contributed by atoms with Crippen molar-refractivity contribution >= 4 is 30.1 Å². The van der Waals surface area contributed by atoms with Crippen molar-refractivity contribution in [3.05, 3.63) is 0 Å². The molecule has 36 heavy (non-hydrogen) atoms. The average Bonchev–Trinajstić information content (AvgIpc) is 2.79. The first kappa shape index (κ1) is 29.4. The van der Waals surface area contributed by atoms with Crippen LogP contribution in [0.2, 0.25) is 0 Å². The Hall–Kier alpha value is -2.81. The zero-order valence-electron chi connectivity index (χ0n) is 20.8. The summed E-state index contributed by atoms with van der Waals surface area (Å²) < 4.78 is 0. The normalized spacial score (nSPS) is 20.7. The van der Waals surface area contributed by atoms with E-state index in [1.54, 1.807) is 4.90 Å². The lowest BCUT2D eigenvalue weighted by molar-refractivity contribution is -0.138. The molecule has 4 amide bonds. The molecule has 2 aliphatic rings. The summed E-state index contributed by atoms with van der Waals surface area (Å²) >= 11 is 0. The number of aliphatic carboxylic acids is 1. The van der Waals surface area contributed by atoms with Gasteiger partial charge < -0.3 is 31.6 Å². The van der Waals surface area contributed by atoms with Gasteiger partial charge in [-0.2, -0.15) is 0 Å². The maximum Gasteiger partial charge on any atom is 0.317 e. The van der Waals surface area contributed by atoms with Crippen molar-refractivity contribution < 1.29 is 29.1 Å². The molecule has 2 rings (SSSR count). The van der Waals surface area contributed by atoms with Gasteiger partial charge in [-0.25, -0.2) is 4.79 Å². The van der Waals surface area contributed by atoms with Crippen LogP contribution in [0.3, 0.4) is 0 Å². The van der Waals surface area contributed by atoms with Gasteiger partial charge in [0, 0.05) is 71.5 Å². The lowest BCUT2D eigenvalue weighted by Crippen LogP contribution is -2.52. The molecule has 0 radical (unpaired) electrons. The van der Waals surface area contributed by atoms with Gasteiger partial charge in [0.25, 0.3) is 0 Å². The first-order valence-corrected chi connectivity index (χ1v) is 12.3. The minimum atomic E-state index is -0.948. The molecule has 14 heteroatoms. The highest BCUT2D eigenvalue weighted by Gasteiger charge is 2.24. The van der Waals surface area contributed by atoms with Crippen LogP contribution >= 0.6 is 0 Å². The highest BCUT2D eigenvalue weighted by atomic mass is 16.4. The van der Waals surface area contributed by atoms with E-state index in [2.05, 4.69) is 5.32 Å². The number of carbonyl (C=O) groups is 5. The van der Waals surface area contributed by atoms with Gasteiger partial charge in [0.2, 0.25) is 11.8 Å². The zero-order chi connectivity index (χ0) is 26.5. The number of carboxylic acids is 1. The van der Waals surface area contributed by atoms with Crippen LogP contribution in [0.1, 0.15) is 12.8 Å². The number of aldehydes is 1. The summed E-state index contributed by atoms with van der Waals surface area (Å²) in [6, 6.07) is -0.568. The predicted octanol–water partition coefficient (Wildman–Crippen LogP) is -3.36. The molecule has 0 unspecified atom stereocenters. The van der Waals surface area contributed by atoms with Crippen LogP contribution < -0.4 is 16.8 Å². The lowest BCUT2D eigenvalue weighted by Gasteiger charge is -2.34. The zero-order valence-corrected chi connectivity index (χ0v) is 20.8. The van der Waals surface area contributed by atoms with Gasteiger partial charge in [0.15, 0.2) is 0 Å². The Bertz CT molecular complexity index is 761. The fourth-order valence-corrected chi connectivity index (χ4v) is 4.49. The summed E-state index contributed by atoms with van der Waals surface area (Å²) in [7, 11) is 0. The van der Waals surface area contributed by atoms with Crippen molar-refractivity contribution in [3.63, 3.8) is 0 Å². The van der Waals surface area contributed by atoms with Crippen molar-refractivity contribution in [2.45, 2.75) is 18.9 Å². The molecule has 14 nitrogen and oxygen atoms in total. The third-order valence-electron chi connectivity index (χ3n) is 6.54. The molecule has 0 spiro atoms. The van der Waals surface area contributed by atoms with E-state index in [0.717, 1.165) is 19.1 Å². The lowest BCUT2D eigenvalue weighted by atomic mass is 10.0. The largest absolute Gasteiger partial charge is 0.480 e. The number of nitrogens with two attached hydrogens (primary N) is 2. The van der Waals surface area contributed by atoms with Gasteiger partial charge in [-0.1, -0.05) is 0 Å². The van der Waals surface area contributed by atoms with Gasteiger partial charge in [0.05, 0.1) is 26.2 Å². The SMILES string of the molecule is NC(=O)CN1CCC(NC(=O)CN2CCN(CC(=O)O)CCN(CC=O)CCN(C(N)=O)CC2)CC1. The number of hydrogen-bond acceptors (Lipinski definition) is 9. The number of urea groups is 1. The van der Waals surface area contributed by atoms with Crippen LogP contribution in [-0.2, 0) is 19.2 Å². The standard InChI is InChI=1S/C22H40N8O6/c23-19(32)15-27-3-1-18(2-4-27)25-20(33)16-28-7-8-29(17-21(34)35)6-5-26(13-14-31)9-11-30(12-10-28)22(24)36/h14,18H,1-13,15-17H2,(H2,23,32)(H2,24,36)(H,25,33)(H,34,35). The third-order valence-corrected chi connectivity index (χ3v) is 6.54. The van der Waals surface area contributed by atoms with E-state index in [0.29, 0.717) is 65.4 Å². The molecule has 6 N–H and O–H groups in total. The first-order valence-electron chi connectivity index (χ1n) is 12.3. The average molecular weight is 513 g/mol. The fraction of sp³-hybridized carbons (Fsp3) is 0.773. The Morgan fingerprint density at radius 3 is 1.78 bits per heavy atom. The summed E-state index contributed by atoms with van der Waals surface area (Å²) in [4.78, 5) is 67.3. The van der Waals surface area contributed by atoms with Gasteiger partial charge in [-0.3, -0.25) is 34.0 Å². The first-order chi connectivity index (χ1) is 17.2. The summed E-state index contributed by atoms with van der Waals surface area (Å²) in [5.74, 6) is -1.47. The van der Waals surface area contributed by atoms with Crippen LogP contribution in [0.25, 0.3) is 0 Å². The molecule has 0 aromatic carbocycles. The predicted molar refractivity (Wildman–Crippen MR) is 131 cm³/mol. The summed E-state index contributed by atoms with van der Waals surface area (Å²) in [6.07, 6.45) is 2.22. The number of carbonyl (C=O) groups excluding carboxylic acids is 4. The van der Waals surface area contributed by atoms with Crippen LogP contribution in [0.15, 0.2) is 0 Å². The second-order valence-corrected chi connectivity index (χ2v) is 9.32. The quantitative estimate of drug-likeness (QED) is 0.227. The number of nitrogens with zero attached hydrogens (tertiary/aromatic N) is 5. The number of likely N-dealkylation sites (tertiary alicyclic amines) is 1. The molecule has 0 bridgehead atoms. The molecular weight excluding hydrogens is 472 g/mol. The van der Waals surface area contributed by atoms with Crippen LogP contribution in [0.4, 0.5) is 4.79 Å². The molecule has 2 aliphatic heterocycles. The molecule has 0 aromatic heterocycles. The molecule has 0 aromatic rings. The van der Waals surface area contributed by atoms with E-state index >= 15 is 0 Å². The smallest absolute Gasteiger partial charge is 0.317 e. The fourth-order valence-electron chi connectivity index (χ4n) is 4.49. The molecule has 204 valence electrons. The van der Waals surface area contributed by atoms with Crippen molar-refractivity contribution in [2.75, 3.05) is 91.6 Å². The topological polar surface area (TPSA) is 186 Å². The van der Waals surface area contributed by atoms with Crippen LogP contribution in [0, 0.1) is 0 Å². The monoisotopic (exact) mass is 512 g/mol. The summed E-state index contributed by atoms with van der Waals surface area (Å²) in [5, 5.41) is 12.4. The Morgan fingerprint density at radius 1 is 0.750 bits per heavy atom. The number of rotatable bonds is 9. The van der Waals surface area contributed by atoms with Crippen molar-refractivity contribution in [2.24, 2.45) is 11.5 Å². The Labute approximate surface area is 211 Å². The second kappa shape index (κ2) is 15.3. The van der Waals surface area contributed by atoms with Gasteiger partial charge in [0.1, 0.15) is 6.29 Å². The second-order valence-electron chi connectivity index (χ2n) is 9.32. The number of nitrogens with one attached hydrogen (secondary N) is 1. The minimum Gasteiger partial charge on any atom is -0.480 e. The number of carboxylic acid groups (broad SMARTS) is 1. The summed E-state index contributed by atoms with van der Waals surface area (Å²) in [6.45, 7) is 4.90. The van der Waals surface area contributed by atoms with Gasteiger partial charge in [-0.15, -0.1) is 0 Å². The van der Waals surface area contributed by atoms with Crippen molar-refractivity contribution in [1.82, 2.24) is 29.8 Å². The van der Waals surface area contributed by atoms with E-state index in [-0.39, 0.29) is 44.0 Å². The van der Waals surface area contributed by atoms with Gasteiger partial charge in [-0.05, 0) is 12.8 Å². The van der Waals surface area contributed by atoms with E-state index in [1.165, 1.54) is 4.90 Å². The van der Waals surface area contributed by atoms with Crippen LogP contribution in [0.5, 0.6) is 0 Å².